The van der Waals surface area contributed by atoms with Gasteiger partial charge in [0.1, 0.15) is 5.82 Å². The Balaban J connectivity index is 2.77. The summed E-state index contributed by atoms with van der Waals surface area (Å²) in [6.07, 6.45) is 1.05. The summed E-state index contributed by atoms with van der Waals surface area (Å²) >= 11 is 3.28. The summed E-state index contributed by atoms with van der Waals surface area (Å²) in [5.41, 5.74) is 6.58. The summed E-state index contributed by atoms with van der Waals surface area (Å²) in [7, 11) is 0. The van der Waals surface area contributed by atoms with Gasteiger partial charge in [-0.1, -0.05) is 42.8 Å². The van der Waals surface area contributed by atoms with Crippen molar-refractivity contribution in [2.45, 2.75) is 33.7 Å². The van der Waals surface area contributed by atoms with Gasteiger partial charge in [0.05, 0.1) is 0 Å². The van der Waals surface area contributed by atoms with E-state index in [2.05, 4.69) is 41.6 Å². The summed E-state index contributed by atoms with van der Waals surface area (Å²) < 4.78 is 14.7. The van der Waals surface area contributed by atoms with Crippen molar-refractivity contribution in [2.75, 3.05) is 19.6 Å². The van der Waals surface area contributed by atoms with Gasteiger partial charge in [-0.15, -0.1) is 0 Å². The van der Waals surface area contributed by atoms with Crippen molar-refractivity contribution in [3.63, 3.8) is 0 Å². The van der Waals surface area contributed by atoms with Crippen LogP contribution in [-0.4, -0.2) is 24.5 Å². The lowest BCUT2D eigenvalue weighted by atomic mass is 9.93. The van der Waals surface area contributed by atoms with Crippen LogP contribution in [0.15, 0.2) is 22.7 Å². The van der Waals surface area contributed by atoms with Crippen molar-refractivity contribution in [1.29, 1.82) is 0 Å². The molecular formula is C15H24BrFN2. The first kappa shape index (κ1) is 16.6. The molecule has 1 aromatic rings. The van der Waals surface area contributed by atoms with Crippen LogP contribution in [0.3, 0.4) is 0 Å². The third-order valence-electron chi connectivity index (χ3n) is 3.15. The van der Waals surface area contributed by atoms with Gasteiger partial charge in [-0.05, 0) is 37.1 Å². The van der Waals surface area contributed by atoms with Crippen LogP contribution in [0.1, 0.15) is 32.8 Å². The van der Waals surface area contributed by atoms with E-state index in [9.17, 15) is 4.39 Å². The molecule has 4 heteroatoms. The Morgan fingerprint density at radius 2 is 2.05 bits per heavy atom. The highest BCUT2D eigenvalue weighted by Gasteiger charge is 2.20. The molecule has 1 aromatic carbocycles. The minimum absolute atomic E-state index is 0.0566. The lowest BCUT2D eigenvalue weighted by Gasteiger charge is -2.31. The van der Waals surface area contributed by atoms with E-state index in [1.807, 2.05) is 12.1 Å². The number of hydrogen-bond acceptors (Lipinski definition) is 2. The molecule has 1 rings (SSSR count). The Bertz CT molecular complexity index is 407. The van der Waals surface area contributed by atoms with Gasteiger partial charge in [0.15, 0.2) is 0 Å². The third-order valence-corrected chi connectivity index (χ3v) is 3.65. The van der Waals surface area contributed by atoms with Gasteiger partial charge < -0.3 is 5.73 Å². The number of hydrogen-bond donors (Lipinski definition) is 1. The molecular weight excluding hydrogens is 307 g/mol. The van der Waals surface area contributed by atoms with Crippen molar-refractivity contribution < 1.29 is 4.39 Å². The third kappa shape index (κ3) is 5.59. The largest absolute Gasteiger partial charge is 0.330 e. The molecule has 19 heavy (non-hydrogen) atoms. The summed E-state index contributed by atoms with van der Waals surface area (Å²) in [6.45, 7) is 9.54. The number of rotatable bonds is 7. The number of nitrogens with two attached hydrogens (primary N) is 1. The van der Waals surface area contributed by atoms with Gasteiger partial charge in [0.2, 0.25) is 0 Å². The van der Waals surface area contributed by atoms with E-state index < -0.39 is 0 Å². The average Bonchev–Trinajstić information content (AvgIpc) is 2.32. The van der Waals surface area contributed by atoms with Crippen molar-refractivity contribution in [1.82, 2.24) is 4.90 Å². The Labute approximate surface area is 124 Å². The molecule has 0 aliphatic carbocycles. The van der Waals surface area contributed by atoms with Crippen LogP contribution >= 0.6 is 15.9 Å². The Kier molecular flexibility index (Phi) is 6.43. The van der Waals surface area contributed by atoms with Crippen LogP contribution in [0.25, 0.3) is 0 Å². The lowest BCUT2D eigenvalue weighted by Crippen LogP contribution is -2.39. The lowest BCUT2D eigenvalue weighted by molar-refractivity contribution is 0.174. The molecule has 2 N–H and O–H groups in total. The monoisotopic (exact) mass is 330 g/mol. The standard InChI is InChI=1S/C15H24BrFN2/c1-4-7-19(11-15(2,3)10-18)9-12-5-6-13(16)8-14(12)17/h5-6,8H,4,7,9-11,18H2,1-3H3. The Morgan fingerprint density at radius 3 is 2.58 bits per heavy atom. The molecule has 0 saturated carbocycles. The van der Waals surface area contributed by atoms with Crippen molar-refractivity contribution in [2.24, 2.45) is 11.1 Å². The predicted molar refractivity (Wildman–Crippen MR) is 82.5 cm³/mol. The molecule has 2 nitrogen and oxygen atoms in total. The van der Waals surface area contributed by atoms with Gasteiger partial charge >= 0.3 is 0 Å². The number of benzene rings is 1. The minimum atomic E-state index is -0.152. The fourth-order valence-electron chi connectivity index (χ4n) is 2.09. The second-order valence-corrected chi connectivity index (χ2v) is 6.73. The van der Waals surface area contributed by atoms with E-state index in [1.165, 1.54) is 6.07 Å². The van der Waals surface area contributed by atoms with Crippen LogP contribution in [0.5, 0.6) is 0 Å². The summed E-state index contributed by atoms with van der Waals surface area (Å²) in [5.74, 6) is -0.152. The molecule has 0 atom stereocenters. The average molecular weight is 331 g/mol. The van der Waals surface area contributed by atoms with Gasteiger partial charge in [-0.2, -0.15) is 0 Å². The van der Waals surface area contributed by atoms with Crippen LogP contribution in [0.2, 0.25) is 0 Å². The first-order valence-corrected chi connectivity index (χ1v) is 7.53. The Morgan fingerprint density at radius 1 is 1.37 bits per heavy atom. The van der Waals surface area contributed by atoms with Crippen molar-refractivity contribution in [3.05, 3.63) is 34.1 Å². The maximum absolute atomic E-state index is 13.9. The second-order valence-electron chi connectivity index (χ2n) is 5.81. The molecule has 0 bridgehead atoms. The fraction of sp³-hybridized carbons (Fsp3) is 0.600. The highest BCUT2D eigenvalue weighted by molar-refractivity contribution is 9.10. The zero-order valence-electron chi connectivity index (χ0n) is 12.0. The quantitative estimate of drug-likeness (QED) is 0.824. The second kappa shape index (κ2) is 7.36. The van der Waals surface area contributed by atoms with E-state index in [-0.39, 0.29) is 11.2 Å². The number of nitrogens with zero attached hydrogens (tertiary/aromatic N) is 1. The smallest absolute Gasteiger partial charge is 0.128 e. The molecule has 108 valence electrons. The summed E-state index contributed by atoms with van der Waals surface area (Å²) in [4.78, 5) is 2.28. The zero-order chi connectivity index (χ0) is 14.5. The van der Waals surface area contributed by atoms with Crippen LogP contribution in [-0.2, 0) is 6.54 Å². The van der Waals surface area contributed by atoms with Crippen molar-refractivity contribution in [3.8, 4) is 0 Å². The molecule has 0 amide bonds. The van der Waals surface area contributed by atoms with Gasteiger partial charge in [-0.3, -0.25) is 4.90 Å². The highest BCUT2D eigenvalue weighted by atomic mass is 79.9. The minimum Gasteiger partial charge on any atom is -0.330 e. The molecule has 0 aliphatic heterocycles. The van der Waals surface area contributed by atoms with Crippen molar-refractivity contribution >= 4 is 15.9 Å². The molecule has 0 saturated heterocycles. The van der Waals surface area contributed by atoms with Crippen LogP contribution in [0, 0.1) is 11.2 Å². The Hall–Kier alpha value is -0.450. The molecule has 0 spiro atoms. The van der Waals surface area contributed by atoms with E-state index in [1.54, 1.807) is 0 Å². The van der Waals surface area contributed by atoms with Gasteiger partial charge in [0, 0.05) is 23.1 Å². The van der Waals surface area contributed by atoms with E-state index in [0.29, 0.717) is 13.1 Å². The molecule has 0 heterocycles. The first-order chi connectivity index (χ1) is 8.88. The van der Waals surface area contributed by atoms with E-state index in [0.717, 1.165) is 29.5 Å². The normalized spacial score (nSPS) is 12.2. The zero-order valence-corrected chi connectivity index (χ0v) is 13.6. The topological polar surface area (TPSA) is 29.3 Å². The molecule has 0 aliphatic rings. The molecule has 0 fully saturated rings. The van der Waals surface area contributed by atoms with Crippen LogP contribution < -0.4 is 5.73 Å². The molecule has 0 radical (unpaired) electrons. The predicted octanol–water partition coefficient (Wildman–Crippen LogP) is 3.79. The molecule has 0 unspecified atom stereocenters. The highest BCUT2D eigenvalue weighted by Crippen LogP contribution is 2.20. The van der Waals surface area contributed by atoms with E-state index in [4.69, 9.17) is 5.73 Å². The SMILES string of the molecule is CCCN(Cc1ccc(Br)cc1F)CC(C)(C)CN. The van der Waals surface area contributed by atoms with Gasteiger partial charge in [-0.25, -0.2) is 4.39 Å². The maximum Gasteiger partial charge on any atom is 0.128 e. The van der Waals surface area contributed by atoms with E-state index >= 15 is 0 Å². The van der Waals surface area contributed by atoms with Gasteiger partial charge in [0.25, 0.3) is 0 Å². The first-order valence-electron chi connectivity index (χ1n) is 6.74. The number of halogens is 2. The summed E-state index contributed by atoms with van der Waals surface area (Å²) in [5, 5.41) is 0. The molecule has 0 aromatic heterocycles. The fourth-order valence-corrected chi connectivity index (χ4v) is 2.42. The van der Waals surface area contributed by atoms with Crippen LogP contribution in [0.4, 0.5) is 4.39 Å². The maximum atomic E-state index is 13.9. The summed E-state index contributed by atoms with van der Waals surface area (Å²) in [6, 6.07) is 5.25.